The summed E-state index contributed by atoms with van der Waals surface area (Å²) in [5.74, 6) is 0.461. The van der Waals surface area contributed by atoms with Crippen molar-refractivity contribution in [2.24, 2.45) is 0 Å². The fourth-order valence-electron chi connectivity index (χ4n) is 2.39. The van der Waals surface area contributed by atoms with Gasteiger partial charge in [0.05, 0.1) is 6.10 Å². The van der Waals surface area contributed by atoms with E-state index in [1.165, 1.54) is 0 Å². The largest absolute Gasteiger partial charge is 0.491 e. The van der Waals surface area contributed by atoms with Crippen LogP contribution in [0.25, 0.3) is 0 Å². The van der Waals surface area contributed by atoms with Gasteiger partial charge in [0, 0.05) is 18.4 Å². The Hall–Kier alpha value is -1.90. The molecule has 1 fully saturated rings. The van der Waals surface area contributed by atoms with E-state index < -0.39 is 5.91 Å². The van der Waals surface area contributed by atoms with Crippen LogP contribution in [0, 0.1) is 0 Å². The van der Waals surface area contributed by atoms with Gasteiger partial charge in [-0.15, -0.1) is 0 Å². The van der Waals surface area contributed by atoms with Crippen molar-refractivity contribution in [1.29, 1.82) is 0 Å². The van der Waals surface area contributed by atoms with E-state index in [0.717, 1.165) is 25.1 Å². The molecule has 0 radical (unpaired) electrons. The molecule has 8 heteroatoms. The van der Waals surface area contributed by atoms with Crippen molar-refractivity contribution in [3.63, 3.8) is 0 Å². The van der Waals surface area contributed by atoms with E-state index in [0.29, 0.717) is 17.0 Å². The zero-order chi connectivity index (χ0) is 17.6. The van der Waals surface area contributed by atoms with Crippen molar-refractivity contribution < 1.29 is 18.7 Å². The molecule has 3 rings (SSSR count). The van der Waals surface area contributed by atoms with E-state index in [1.54, 1.807) is 12.1 Å². The molecule has 2 N–H and O–H groups in total. The lowest BCUT2D eigenvalue weighted by Gasteiger charge is -2.13. The number of nitrogens with one attached hydrogen (secondary N) is 2. The highest BCUT2D eigenvalue weighted by molar-refractivity contribution is 9.10. The molecule has 1 aromatic carbocycles. The highest BCUT2D eigenvalue weighted by Gasteiger charge is 2.16. The van der Waals surface area contributed by atoms with Crippen molar-refractivity contribution in [2.75, 3.05) is 18.5 Å². The van der Waals surface area contributed by atoms with E-state index in [2.05, 4.69) is 26.6 Å². The van der Waals surface area contributed by atoms with Crippen LogP contribution in [0.5, 0.6) is 5.75 Å². The second-order valence-corrected chi connectivity index (χ2v) is 6.68. The van der Waals surface area contributed by atoms with Crippen molar-refractivity contribution in [2.45, 2.75) is 18.9 Å². The highest BCUT2D eigenvalue weighted by atomic mass is 79.9. The quantitative estimate of drug-likeness (QED) is 0.712. The van der Waals surface area contributed by atoms with Gasteiger partial charge in [-0.3, -0.25) is 10.1 Å². The molecule has 0 saturated carbocycles. The Morgan fingerprint density at radius 1 is 1.36 bits per heavy atom. The number of anilines is 1. The van der Waals surface area contributed by atoms with Crippen LogP contribution in [0.1, 0.15) is 23.4 Å². The topological polar surface area (TPSA) is 72.7 Å². The first-order valence-electron chi connectivity index (χ1n) is 7.82. The van der Waals surface area contributed by atoms with Gasteiger partial charge in [0.25, 0.3) is 5.91 Å². The van der Waals surface area contributed by atoms with Gasteiger partial charge < -0.3 is 19.2 Å². The second-order valence-electron chi connectivity index (χ2n) is 5.49. The lowest BCUT2D eigenvalue weighted by Crippen LogP contribution is -2.33. The first-order valence-corrected chi connectivity index (χ1v) is 9.02. The van der Waals surface area contributed by atoms with Crippen LogP contribution in [-0.2, 0) is 4.74 Å². The molecule has 25 heavy (non-hydrogen) atoms. The Morgan fingerprint density at radius 2 is 2.24 bits per heavy atom. The molecule has 6 nitrogen and oxygen atoms in total. The summed E-state index contributed by atoms with van der Waals surface area (Å²) in [6.07, 6.45) is 2.26. The van der Waals surface area contributed by atoms with E-state index in [4.69, 9.17) is 26.1 Å². The third-order valence-corrected chi connectivity index (χ3v) is 4.21. The highest BCUT2D eigenvalue weighted by Crippen LogP contribution is 2.20. The normalized spacial score (nSPS) is 16.4. The number of thiocarbonyl (C=S) groups is 1. The predicted octanol–water partition coefficient (Wildman–Crippen LogP) is 3.73. The van der Waals surface area contributed by atoms with Crippen LogP contribution >= 0.6 is 28.1 Å². The Labute approximate surface area is 159 Å². The molecule has 2 heterocycles. The average molecular weight is 425 g/mol. The number of hydrogen-bond acceptors (Lipinski definition) is 5. The van der Waals surface area contributed by atoms with Crippen LogP contribution in [0.3, 0.4) is 0 Å². The van der Waals surface area contributed by atoms with Gasteiger partial charge in [-0.05, 0) is 65.3 Å². The summed E-state index contributed by atoms with van der Waals surface area (Å²) in [4.78, 5) is 12.0. The molecule has 1 atom stereocenters. The van der Waals surface area contributed by atoms with E-state index >= 15 is 0 Å². The van der Waals surface area contributed by atoms with E-state index in [-0.39, 0.29) is 17.0 Å². The number of hydrogen-bond donors (Lipinski definition) is 2. The van der Waals surface area contributed by atoms with Crippen LogP contribution < -0.4 is 15.4 Å². The molecule has 1 aliphatic rings. The van der Waals surface area contributed by atoms with Gasteiger partial charge in [-0.25, -0.2) is 0 Å². The Morgan fingerprint density at radius 3 is 2.96 bits per heavy atom. The standard InChI is InChI=1S/C17H17BrN2O4S/c18-15-7-6-14(24-15)16(21)20-17(25)19-11-3-1-4-12(9-11)23-10-13-5-2-8-22-13/h1,3-4,6-7,9,13H,2,5,8,10H2,(H2,19,20,21,25). The number of furan rings is 1. The third-order valence-electron chi connectivity index (χ3n) is 3.58. The molecule has 0 aliphatic carbocycles. The van der Waals surface area contributed by atoms with Crippen LogP contribution in [0.4, 0.5) is 5.69 Å². The summed E-state index contributed by atoms with van der Waals surface area (Å²) in [6, 6.07) is 10.6. The molecule has 1 aliphatic heterocycles. The van der Waals surface area contributed by atoms with Crippen molar-refractivity contribution in [3.05, 3.63) is 46.8 Å². The molecule has 0 spiro atoms. The summed E-state index contributed by atoms with van der Waals surface area (Å²) in [6.45, 7) is 1.33. The molecule has 2 aromatic rings. The maximum Gasteiger partial charge on any atom is 0.293 e. The molecule has 1 saturated heterocycles. The lowest BCUT2D eigenvalue weighted by molar-refractivity contribution is 0.0680. The maximum atomic E-state index is 12.0. The number of ether oxygens (including phenoxy) is 2. The molecule has 1 aromatic heterocycles. The molecular formula is C17H17BrN2O4S. The van der Waals surface area contributed by atoms with Crippen LogP contribution in [0.15, 0.2) is 45.5 Å². The lowest BCUT2D eigenvalue weighted by atomic mass is 10.2. The molecule has 0 bridgehead atoms. The summed E-state index contributed by atoms with van der Waals surface area (Å²) >= 11 is 8.31. The Bertz CT molecular complexity index is 759. The summed E-state index contributed by atoms with van der Waals surface area (Å²) < 4.78 is 16.9. The SMILES string of the molecule is O=C(NC(=S)Nc1cccc(OCC2CCCO2)c1)c1ccc(Br)o1. The molecule has 1 amide bonds. The minimum absolute atomic E-state index is 0.157. The van der Waals surface area contributed by atoms with Gasteiger partial charge in [0.1, 0.15) is 12.4 Å². The summed E-state index contributed by atoms with van der Waals surface area (Å²) in [5.41, 5.74) is 0.718. The molecule has 132 valence electrons. The first kappa shape index (κ1) is 17.9. The number of amides is 1. The Kier molecular flexibility index (Phi) is 6.06. The van der Waals surface area contributed by atoms with Crippen molar-refractivity contribution in [3.8, 4) is 5.75 Å². The third kappa shape index (κ3) is 5.29. The zero-order valence-corrected chi connectivity index (χ0v) is 15.7. The second kappa shape index (κ2) is 8.46. The number of halogens is 1. The maximum absolute atomic E-state index is 12.0. The van der Waals surface area contributed by atoms with E-state index in [9.17, 15) is 4.79 Å². The predicted molar refractivity (Wildman–Crippen MR) is 101 cm³/mol. The summed E-state index contributed by atoms with van der Waals surface area (Å²) in [5, 5.41) is 5.69. The van der Waals surface area contributed by atoms with Gasteiger partial charge in [0.2, 0.25) is 0 Å². The molecule has 1 unspecified atom stereocenters. The number of rotatable bonds is 5. The summed E-state index contributed by atoms with van der Waals surface area (Å²) in [7, 11) is 0. The fourth-order valence-corrected chi connectivity index (χ4v) is 2.91. The number of carbonyl (C=O) groups excluding carboxylic acids is 1. The van der Waals surface area contributed by atoms with Crippen molar-refractivity contribution in [1.82, 2.24) is 5.32 Å². The van der Waals surface area contributed by atoms with Gasteiger partial charge in [-0.1, -0.05) is 6.07 Å². The van der Waals surface area contributed by atoms with Crippen LogP contribution in [-0.4, -0.2) is 30.3 Å². The van der Waals surface area contributed by atoms with Gasteiger partial charge in [0.15, 0.2) is 15.5 Å². The van der Waals surface area contributed by atoms with Crippen LogP contribution in [0.2, 0.25) is 0 Å². The minimum Gasteiger partial charge on any atom is -0.491 e. The number of carbonyl (C=O) groups is 1. The first-order chi connectivity index (χ1) is 12.1. The zero-order valence-electron chi connectivity index (χ0n) is 13.3. The molecular weight excluding hydrogens is 408 g/mol. The number of benzene rings is 1. The van der Waals surface area contributed by atoms with Gasteiger partial charge >= 0.3 is 0 Å². The fraction of sp³-hybridized carbons (Fsp3) is 0.294. The Balaban J connectivity index is 1.52. The van der Waals surface area contributed by atoms with Crippen molar-refractivity contribution >= 4 is 44.9 Å². The van der Waals surface area contributed by atoms with E-state index in [1.807, 2.05) is 24.3 Å². The minimum atomic E-state index is -0.422. The smallest absolute Gasteiger partial charge is 0.293 e. The monoisotopic (exact) mass is 424 g/mol. The average Bonchev–Trinajstić information content (AvgIpc) is 3.24. The van der Waals surface area contributed by atoms with Gasteiger partial charge in [-0.2, -0.15) is 0 Å².